The van der Waals surface area contributed by atoms with E-state index >= 15 is 0 Å². The van der Waals surface area contributed by atoms with Crippen LogP contribution < -0.4 is 4.74 Å². The zero-order valence-electron chi connectivity index (χ0n) is 19.6. The van der Waals surface area contributed by atoms with Crippen LogP contribution in [0.15, 0.2) is 12.1 Å². The number of alkyl halides is 6. The Morgan fingerprint density at radius 3 is 1.69 bits per heavy atom. The maximum absolute atomic E-state index is 13.5. The standard InChI is InChI=1S/C22H21F6I3O7S/c23-21(24,25)20(22(26,27)28,9-39(34,35)36)38-19(33)13-4-2-10-5-12(3-1-11(10)6-13)18(32)37-17-15(30)7-14(29)8-16(17)31/h7-8,10-13H,1-6,9H2,(H,34,35,36). The van der Waals surface area contributed by atoms with E-state index in [0.717, 1.165) is 10.7 Å². The number of benzene rings is 1. The minimum Gasteiger partial charge on any atom is -0.438 e. The number of rotatable bonds is 6. The fraction of sp³-hybridized carbons (Fsp3) is 0.636. The van der Waals surface area contributed by atoms with Crippen LogP contribution in [0, 0.1) is 34.4 Å². The van der Waals surface area contributed by atoms with Crippen LogP contribution in [0.25, 0.3) is 0 Å². The molecule has 2 fully saturated rings. The monoisotopic (exact) mass is 924 g/mol. The lowest BCUT2D eigenvalue weighted by atomic mass is 9.65. The van der Waals surface area contributed by atoms with E-state index in [4.69, 9.17) is 9.29 Å². The molecule has 2 aliphatic rings. The Hall–Kier alpha value is -0.160. The molecular weight excluding hydrogens is 903 g/mol. The highest BCUT2D eigenvalue weighted by molar-refractivity contribution is 14.1. The van der Waals surface area contributed by atoms with Gasteiger partial charge in [-0.1, -0.05) is 0 Å². The molecule has 0 aromatic heterocycles. The van der Waals surface area contributed by atoms with Gasteiger partial charge in [0.1, 0.15) is 5.75 Å². The molecule has 3 rings (SSSR count). The van der Waals surface area contributed by atoms with Crippen LogP contribution in [0.1, 0.15) is 38.5 Å². The van der Waals surface area contributed by atoms with Crippen molar-refractivity contribution in [3.05, 3.63) is 22.8 Å². The molecule has 2 saturated carbocycles. The predicted octanol–water partition coefficient (Wildman–Crippen LogP) is 6.53. The molecule has 220 valence electrons. The summed E-state index contributed by atoms with van der Waals surface area (Å²) >= 11 is 6.26. The third-order valence-corrected chi connectivity index (χ3v) is 10.0. The molecule has 0 amide bonds. The lowest BCUT2D eigenvalue weighted by molar-refractivity contribution is -0.362. The van der Waals surface area contributed by atoms with Crippen molar-refractivity contribution in [1.82, 2.24) is 0 Å². The third-order valence-electron chi connectivity index (χ3n) is 7.02. The SMILES string of the molecule is O=C(Oc1c(I)cc(I)cc1I)C1CCC2CC(C(=O)OC(CS(=O)(=O)O)(C(F)(F)F)C(F)(F)F)CCC2C1. The highest BCUT2D eigenvalue weighted by atomic mass is 127. The van der Waals surface area contributed by atoms with Gasteiger partial charge < -0.3 is 9.47 Å². The minimum absolute atomic E-state index is 0.0736. The quantitative estimate of drug-likeness (QED) is 0.114. The maximum atomic E-state index is 13.5. The lowest BCUT2D eigenvalue weighted by Crippen LogP contribution is -2.64. The van der Waals surface area contributed by atoms with Gasteiger partial charge in [-0.15, -0.1) is 0 Å². The first kappa shape index (κ1) is 33.3. The van der Waals surface area contributed by atoms with Crippen molar-refractivity contribution in [2.24, 2.45) is 23.7 Å². The van der Waals surface area contributed by atoms with Crippen LogP contribution in [-0.2, 0) is 24.4 Å². The summed E-state index contributed by atoms with van der Waals surface area (Å²) in [6.45, 7) is 0. The highest BCUT2D eigenvalue weighted by Crippen LogP contribution is 2.49. The normalized spacial score (nSPS) is 24.6. The summed E-state index contributed by atoms with van der Waals surface area (Å²) in [6.07, 6.45) is -11.5. The van der Waals surface area contributed by atoms with Gasteiger partial charge in [-0.25, -0.2) is 0 Å². The number of esters is 2. The lowest BCUT2D eigenvalue weighted by Gasteiger charge is -2.42. The van der Waals surface area contributed by atoms with Crippen molar-refractivity contribution in [2.75, 3.05) is 5.75 Å². The van der Waals surface area contributed by atoms with Crippen molar-refractivity contribution >= 4 is 89.8 Å². The number of carbonyl (C=O) groups excluding carboxylic acids is 2. The molecular formula is C22H21F6I3O7S. The molecule has 0 spiro atoms. The summed E-state index contributed by atoms with van der Waals surface area (Å²) < 4.78 is 124. The van der Waals surface area contributed by atoms with Gasteiger partial charge in [0.15, 0.2) is 5.75 Å². The van der Waals surface area contributed by atoms with Gasteiger partial charge in [-0.05, 0) is 130 Å². The average Bonchev–Trinajstić information content (AvgIpc) is 2.77. The summed E-state index contributed by atoms with van der Waals surface area (Å²) in [6, 6.07) is 3.71. The summed E-state index contributed by atoms with van der Waals surface area (Å²) in [5, 5.41) is 0. The Kier molecular flexibility index (Phi) is 10.4. The number of hydrogen-bond donors (Lipinski definition) is 1. The van der Waals surface area contributed by atoms with Gasteiger partial charge in [0, 0.05) is 3.57 Å². The minimum atomic E-state index is -6.36. The Balaban J connectivity index is 1.68. The molecule has 0 radical (unpaired) electrons. The molecule has 0 heterocycles. The Labute approximate surface area is 260 Å². The molecule has 1 aromatic carbocycles. The van der Waals surface area contributed by atoms with Crippen LogP contribution in [0.2, 0.25) is 0 Å². The predicted molar refractivity (Wildman–Crippen MR) is 149 cm³/mol. The molecule has 4 atom stereocenters. The molecule has 1 aromatic rings. The number of hydrogen-bond acceptors (Lipinski definition) is 6. The second-order valence-electron chi connectivity index (χ2n) is 9.63. The van der Waals surface area contributed by atoms with Crippen molar-refractivity contribution in [3.8, 4) is 5.75 Å². The van der Waals surface area contributed by atoms with Crippen LogP contribution in [0.5, 0.6) is 5.75 Å². The second-order valence-corrected chi connectivity index (χ2v) is 14.7. The number of carbonyl (C=O) groups is 2. The van der Waals surface area contributed by atoms with E-state index in [1.165, 1.54) is 0 Å². The Morgan fingerprint density at radius 1 is 0.846 bits per heavy atom. The van der Waals surface area contributed by atoms with Gasteiger partial charge in [-0.2, -0.15) is 34.8 Å². The van der Waals surface area contributed by atoms with E-state index in [1.807, 2.05) is 12.1 Å². The molecule has 0 bridgehead atoms. The van der Waals surface area contributed by atoms with Crippen molar-refractivity contribution in [1.29, 1.82) is 0 Å². The Morgan fingerprint density at radius 2 is 1.28 bits per heavy atom. The van der Waals surface area contributed by atoms with Gasteiger partial charge in [0.25, 0.3) is 10.1 Å². The van der Waals surface area contributed by atoms with E-state index < -0.39 is 57.6 Å². The number of halogens is 9. The van der Waals surface area contributed by atoms with Crippen molar-refractivity contribution in [2.45, 2.75) is 56.5 Å². The summed E-state index contributed by atoms with van der Waals surface area (Å²) in [5.74, 6) is -6.89. The highest BCUT2D eigenvalue weighted by Gasteiger charge is 2.76. The first-order valence-electron chi connectivity index (χ1n) is 11.4. The molecule has 1 N–H and O–H groups in total. The second kappa shape index (κ2) is 12.2. The summed E-state index contributed by atoms with van der Waals surface area (Å²) in [4.78, 5) is 25.4. The van der Waals surface area contributed by atoms with E-state index in [0.29, 0.717) is 25.0 Å². The summed E-state index contributed by atoms with van der Waals surface area (Å²) in [7, 11) is -5.85. The number of fused-ring (bicyclic) bond motifs is 1. The molecule has 7 nitrogen and oxygen atoms in total. The number of ether oxygens (including phenoxy) is 2. The molecule has 2 aliphatic carbocycles. The van der Waals surface area contributed by atoms with E-state index in [9.17, 15) is 44.3 Å². The summed E-state index contributed by atoms with van der Waals surface area (Å²) in [5.41, 5.74) is -5.41. The van der Waals surface area contributed by atoms with Crippen LogP contribution in [-0.4, -0.2) is 48.6 Å². The maximum Gasteiger partial charge on any atom is 0.438 e. The van der Waals surface area contributed by atoms with Crippen LogP contribution >= 0.6 is 67.8 Å². The topological polar surface area (TPSA) is 107 Å². The van der Waals surface area contributed by atoms with E-state index in [1.54, 1.807) is 0 Å². The first-order valence-corrected chi connectivity index (χ1v) is 16.3. The molecule has 39 heavy (non-hydrogen) atoms. The Bertz CT molecular complexity index is 1180. The fourth-order valence-corrected chi connectivity index (χ4v) is 9.81. The third kappa shape index (κ3) is 7.82. The van der Waals surface area contributed by atoms with E-state index in [-0.39, 0.29) is 31.1 Å². The van der Waals surface area contributed by atoms with E-state index in [2.05, 4.69) is 72.5 Å². The first-order chi connectivity index (χ1) is 17.7. The fourth-order valence-electron chi connectivity index (χ4n) is 5.11. The van der Waals surface area contributed by atoms with Crippen LogP contribution in [0.4, 0.5) is 26.3 Å². The average molecular weight is 924 g/mol. The van der Waals surface area contributed by atoms with Gasteiger partial charge in [-0.3, -0.25) is 14.1 Å². The van der Waals surface area contributed by atoms with Crippen LogP contribution in [0.3, 0.4) is 0 Å². The van der Waals surface area contributed by atoms with Gasteiger partial charge in [0.05, 0.1) is 19.0 Å². The zero-order chi connectivity index (χ0) is 29.6. The van der Waals surface area contributed by atoms with Gasteiger partial charge in [0.2, 0.25) is 0 Å². The zero-order valence-corrected chi connectivity index (χ0v) is 26.9. The smallest absolute Gasteiger partial charge is 0.438 e. The molecule has 0 aliphatic heterocycles. The van der Waals surface area contributed by atoms with Crippen molar-refractivity contribution < 1.29 is 58.4 Å². The van der Waals surface area contributed by atoms with Crippen molar-refractivity contribution in [3.63, 3.8) is 0 Å². The molecule has 0 saturated heterocycles. The molecule has 17 heteroatoms. The van der Waals surface area contributed by atoms with Gasteiger partial charge >= 0.3 is 29.9 Å². The largest absolute Gasteiger partial charge is 0.438 e. The molecule has 4 unspecified atom stereocenters.